The highest BCUT2D eigenvalue weighted by molar-refractivity contribution is 7.80. The van der Waals surface area contributed by atoms with Gasteiger partial charge in [0, 0.05) is 37.2 Å². The van der Waals surface area contributed by atoms with Crippen LogP contribution in [0.4, 0.5) is 4.39 Å². The van der Waals surface area contributed by atoms with E-state index >= 15 is 4.39 Å². The molecular weight excluding hydrogens is 377 g/mol. The number of nitrogens with one attached hydrogen (secondary N) is 1. The summed E-state index contributed by atoms with van der Waals surface area (Å²) >= 11 is 4.13. The molecule has 5 nitrogen and oxygen atoms in total. The van der Waals surface area contributed by atoms with Crippen LogP contribution in [0.3, 0.4) is 0 Å². The number of amides is 1. The van der Waals surface area contributed by atoms with Gasteiger partial charge in [0.1, 0.15) is 17.2 Å². The number of aryl methyl sites for hydroxylation is 2. The van der Waals surface area contributed by atoms with Crippen molar-refractivity contribution in [3.05, 3.63) is 58.7 Å². The van der Waals surface area contributed by atoms with Gasteiger partial charge >= 0.3 is 0 Å². The number of nitrogens with zero attached hydrogens (tertiary/aromatic N) is 2. The zero-order valence-electron chi connectivity index (χ0n) is 16.0. The van der Waals surface area contributed by atoms with E-state index in [1.54, 1.807) is 13.0 Å². The Morgan fingerprint density at radius 2 is 2.00 bits per heavy atom. The minimum atomic E-state index is -0.540. The minimum absolute atomic E-state index is 0.0127. The summed E-state index contributed by atoms with van der Waals surface area (Å²) < 4.78 is 16.9. The first-order valence-corrected chi connectivity index (χ1v) is 9.61. The van der Waals surface area contributed by atoms with Crippen LogP contribution in [0.15, 0.2) is 30.5 Å². The molecule has 0 aliphatic rings. The number of aromatic nitrogens is 2. The number of Topliss-reactive ketones (excluding diaryl/α,β-unsaturated/α-hetero) is 1. The van der Waals surface area contributed by atoms with Gasteiger partial charge in [-0.05, 0) is 55.0 Å². The van der Waals surface area contributed by atoms with Gasteiger partial charge in [-0.1, -0.05) is 0 Å². The van der Waals surface area contributed by atoms with Crippen LogP contribution in [-0.4, -0.2) is 33.9 Å². The van der Waals surface area contributed by atoms with Crippen LogP contribution >= 0.6 is 12.6 Å². The topological polar surface area (TPSA) is 63.5 Å². The fourth-order valence-corrected chi connectivity index (χ4v) is 3.54. The van der Waals surface area contributed by atoms with Gasteiger partial charge in [-0.25, -0.2) is 9.37 Å². The second-order valence-corrected chi connectivity index (χ2v) is 7.20. The molecule has 28 heavy (non-hydrogen) atoms. The first kappa shape index (κ1) is 20.1. The third kappa shape index (κ3) is 3.80. The van der Waals surface area contributed by atoms with Crippen molar-refractivity contribution in [1.82, 2.24) is 14.7 Å². The molecule has 0 unspecified atom stereocenters. The standard InChI is InChI=1S/C21H22FN3O2S/c1-12-4-6-25-17(11-15(26)5-7-28)20(24-18(25)8-12)19-13(2)9-14(10-16(19)22)21(27)23-3/h4,6,8-10,28H,5,7,11H2,1-3H3,(H,23,27). The van der Waals surface area contributed by atoms with Crippen LogP contribution in [0.1, 0.15) is 33.6 Å². The number of imidazole rings is 1. The third-order valence-electron chi connectivity index (χ3n) is 4.65. The summed E-state index contributed by atoms with van der Waals surface area (Å²) in [5.41, 5.74) is 3.87. The first-order chi connectivity index (χ1) is 13.3. The molecule has 0 radical (unpaired) electrons. The number of carbonyl (C=O) groups is 2. The predicted molar refractivity (Wildman–Crippen MR) is 111 cm³/mol. The highest BCUT2D eigenvalue weighted by Crippen LogP contribution is 2.31. The lowest BCUT2D eigenvalue weighted by atomic mass is 9.98. The summed E-state index contributed by atoms with van der Waals surface area (Å²) in [6, 6.07) is 6.65. The van der Waals surface area contributed by atoms with Gasteiger partial charge in [0.25, 0.3) is 5.91 Å². The quantitative estimate of drug-likeness (QED) is 0.623. The minimum Gasteiger partial charge on any atom is -0.355 e. The van der Waals surface area contributed by atoms with E-state index in [1.165, 1.54) is 13.1 Å². The van der Waals surface area contributed by atoms with Crippen LogP contribution in [-0.2, 0) is 11.2 Å². The number of thiol groups is 1. The number of benzene rings is 1. The lowest BCUT2D eigenvalue weighted by molar-refractivity contribution is -0.118. The highest BCUT2D eigenvalue weighted by Gasteiger charge is 2.22. The molecule has 0 fully saturated rings. The first-order valence-electron chi connectivity index (χ1n) is 8.98. The van der Waals surface area contributed by atoms with Gasteiger partial charge in [-0.15, -0.1) is 0 Å². The molecule has 0 aliphatic carbocycles. The number of halogens is 1. The maximum Gasteiger partial charge on any atom is 0.251 e. The summed E-state index contributed by atoms with van der Waals surface area (Å²) in [6.45, 7) is 3.68. The Labute approximate surface area is 168 Å². The largest absolute Gasteiger partial charge is 0.355 e. The lowest BCUT2D eigenvalue weighted by Crippen LogP contribution is -2.18. The molecule has 0 spiro atoms. The molecule has 7 heteroatoms. The average molecular weight is 399 g/mol. The molecular formula is C21H22FN3O2S. The van der Waals surface area contributed by atoms with Crippen LogP contribution < -0.4 is 5.32 Å². The van der Waals surface area contributed by atoms with E-state index in [9.17, 15) is 9.59 Å². The van der Waals surface area contributed by atoms with Gasteiger partial charge in [-0.3, -0.25) is 9.59 Å². The maximum absolute atomic E-state index is 15.0. The Morgan fingerprint density at radius 1 is 1.25 bits per heavy atom. The molecule has 1 N–H and O–H groups in total. The van der Waals surface area contributed by atoms with Gasteiger partial charge in [-0.2, -0.15) is 12.6 Å². The molecule has 3 aromatic rings. The van der Waals surface area contributed by atoms with Crippen LogP contribution in [0.25, 0.3) is 16.9 Å². The van der Waals surface area contributed by atoms with E-state index in [4.69, 9.17) is 0 Å². The molecule has 0 atom stereocenters. The smallest absolute Gasteiger partial charge is 0.251 e. The zero-order valence-corrected chi connectivity index (χ0v) is 16.9. The van der Waals surface area contributed by atoms with E-state index in [0.29, 0.717) is 40.3 Å². The van der Waals surface area contributed by atoms with Crippen molar-refractivity contribution in [3.8, 4) is 11.3 Å². The molecule has 146 valence electrons. The van der Waals surface area contributed by atoms with Crippen molar-refractivity contribution in [1.29, 1.82) is 0 Å². The number of carbonyl (C=O) groups excluding carboxylic acids is 2. The second-order valence-electron chi connectivity index (χ2n) is 6.76. The van der Waals surface area contributed by atoms with Gasteiger partial charge < -0.3 is 9.72 Å². The van der Waals surface area contributed by atoms with Crippen molar-refractivity contribution in [3.63, 3.8) is 0 Å². The van der Waals surface area contributed by atoms with Crippen LogP contribution in [0.2, 0.25) is 0 Å². The average Bonchev–Trinajstić information content (AvgIpc) is 2.97. The number of hydrogen-bond acceptors (Lipinski definition) is 4. The molecule has 0 aliphatic heterocycles. The lowest BCUT2D eigenvalue weighted by Gasteiger charge is -2.10. The van der Waals surface area contributed by atoms with E-state index in [1.807, 2.05) is 29.7 Å². The number of pyridine rings is 1. The van der Waals surface area contributed by atoms with Gasteiger partial charge in [0.2, 0.25) is 0 Å². The summed E-state index contributed by atoms with van der Waals surface area (Å²) in [4.78, 5) is 28.8. The second kappa shape index (κ2) is 8.14. The van der Waals surface area contributed by atoms with Crippen molar-refractivity contribution >= 4 is 30.0 Å². The summed E-state index contributed by atoms with van der Waals surface area (Å²) in [5, 5.41) is 2.50. The van der Waals surface area contributed by atoms with Crippen molar-refractivity contribution in [2.75, 3.05) is 12.8 Å². The Morgan fingerprint density at radius 3 is 2.64 bits per heavy atom. The Hall–Kier alpha value is -2.67. The third-order valence-corrected chi connectivity index (χ3v) is 4.87. The fraction of sp³-hybridized carbons (Fsp3) is 0.286. The SMILES string of the molecule is CNC(=O)c1cc(C)c(-c2nc3cc(C)ccn3c2CC(=O)CCS)c(F)c1. The van der Waals surface area contributed by atoms with Crippen molar-refractivity contribution < 1.29 is 14.0 Å². The van der Waals surface area contributed by atoms with Crippen LogP contribution in [0, 0.1) is 19.7 Å². The molecule has 0 bridgehead atoms. The highest BCUT2D eigenvalue weighted by atomic mass is 32.1. The van der Waals surface area contributed by atoms with E-state index in [2.05, 4.69) is 22.9 Å². The Kier molecular flexibility index (Phi) is 5.84. The number of rotatable bonds is 6. The molecule has 2 heterocycles. The van der Waals surface area contributed by atoms with Gasteiger partial charge in [0.05, 0.1) is 11.4 Å². The monoisotopic (exact) mass is 399 g/mol. The molecule has 1 aromatic carbocycles. The maximum atomic E-state index is 15.0. The summed E-state index contributed by atoms with van der Waals surface area (Å²) in [6.07, 6.45) is 2.31. The van der Waals surface area contributed by atoms with Crippen molar-refractivity contribution in [2.45, 2.75) is 26.7 Å². The van der Waals surface area contributed by atoms with E-state index < -0.39 is 5.82 Å². The fourth-order valence-electron chi connectivity index (χ4n) is 3.29. The molecule has 1 amide bonds. The zero-order chi connectivity index (χ0) is 20.4. The van der Waals surface area contributed by atoms with E-state index in [-0.39, 0.29) is 23.7 Å². The summed E-state index contributed by atoms with van der Waals surface area (Å²) in [5.74, 6) is -0.429. The number of hydrogen-bond donors (Lipinski definition) is 2. The molecule has 0 saturated heterocycles. The van der Waals surface area contributed by atoms with E-state index in [0.717, 1.165) is 5.56 Å². The summed E-state index contributed by atoms with van der Waals surface area (Å²) in [7, 11) is 1.50. The normalized spacial score (nSPS) is 11.0. The van der Waals surface area contributed by atoms with Crippen molar-refractivity contribution in [2.24, 2.45) is 0 Å². The number of fused-ring (bicyclic) bond motifs is 1. The molecule has 2 aromatic heterocycles. The number of ketones is 1. The predicted octanol–water partition coefficient (Wildman–Crippen LogP) is 3.55. The molecule has 0 saturated carbocycles. The molecule has 3 rings (SSSR count). The van der Waals surface area contributed by atoms with Gasteiger partial charge in [0.15, 0.2) is 0 Å². The Bertz CT molecular complexity index is 1050. The van der Waals surface area contributed by atoms with Crippen LogP contribution in [0.5, 0.6) is 0 Å². The Balaban J connectivity index is 2.22.